The van der Waals surface area contributed by atoms with Crippen molar-refractivity contribution in [2.45, 2.75) is 39.4 Å². The standard InChI is InChI=1S/C25H35N3O5S/c1-4-24(28(34(3,30)31)22-10-12-23(13-11-22)33-5-2)25(29)26-18-20-6-8-21(9-7-20)19-27-14-16-32-17-15-27/h6-13,24H,4-5,14-19H2,1-3H3,(H,26,29)/t24-/m1/s1. The number of hydrogen-bond donors (Lipinski definition) is 1. The summed E-state index contributed by atoms with van der Waals surface area (Å²) < 4.78 is 37.3. The third-order valence-electron chi connectivity index (χ3n) is 5.73. The van der Waals surface area contributed by atoms with Crippen LogP contribution in [0, 0.1) is 0 Å². The Hall–Kier alpha value is -2.62. The van der Waals surface area contributed by atoms with Gasteiger partial charge in [-0.3, -0.25) is 14.0 Å². The van der Waals surface area contributed by atoms with Crippen LogP contribution in [0.25, 0.3) is 0 Å². The first-order chi connectivity index (χ1) is 16.3. The van der Waals surface area contributed by atoms with Crippen LogP contribution in [-0.4, -0.2) is 64.4 Å². The van der Waals surface area contributed by atoms with Crippen molar-refractivity contribution < 1.29 is 22.7 Å². The number of nitrogens with zero attached hydrogens (tertiary/aromatic N) is 2. The predicted molar refractivity (Wildman–Crippen MR) is 133 cm³/mol. The van der Waals surface area contributed by atoms with E-state index in [0.29, 0.717) is 31.0 Å². The molecule has 0 aromatic heterocycles. The van der Waals surface area contributed by atoms with Crippen LogP contribution in [0.2, 0.25) is 0 Å². The Morgan fingerprint density at radius 3 is 2.24 bits per heavy atom. The fourth-order valence-corrected chi connectivity index (χ4v) is 5.21. The summed E-state index contributed by atoms with van der Waals surface area (Å²) in [5.41, 5.74) is 2.60. The Morgan fingerprint density at radius 2 is 1.68 bits per heavy atom. The molecule has 9 heteroatoms. The lowest BCUT2D eigenvalue weighted by Crippen LogP contribution is -2.49. The fraction of sp³-hybridized carbons (Fsp3) is 0.480. The summed E-state index contributed by atoms with van der Waals surface area (Å²) in [4.78, 5) is 15.4. The normalized spacial score (nSPS) is 15.5. The molecule has 186 valence electrons. The molecule has 0 unspecified atom stereocenters. The Labute approximate surface area is 202 Å². The maximum atomic E-state index is 13.0. The number of anilines is 1. The first-order valence-corrected chi connectivity index (χ1v) is 13.5. The van der Waals surface area contributed by atoms with Crippen LogP contribution in [0.1, 0.15) is 31.4 Å². The molecular formula is C25H35N3O5S. The van der Waals surface area contributed by atoms with Crippen molar-refractivity contribution in [1.29, 1.82) is 0 Å². The first-order valence-electron chi connectivity index (χ1n) is 11.7. The summed E-state index contributed by atoms with van der Waals surface area (Å²) in [6, 6.07) is 14.0. The largest absolute Gasteiger partial charge is 0.494 e. The van der Waals surface area contributed by atoms with E-state index in [1.807, 2.05) is 19.1 Å². The quantitative estimate of drug-likeness (QED) is 0.522. The highest BCUT2D eigenvalue weighted by Crippen LogP contribution is 2.25. The Balaban J connectivity index is 1.64. The number of amides is 1. The van der Waals surface area contributed by atoms with E-state index in [-0.39, 0.29) is 5.91 Å². The van der Waals surface area contributed by atoms with E-state index in [9.17, 15) is 13.2 Å². The van der Waals surface area contributed by atoms with Gasteiger partial charge in [0.2, 0.25) is 15.9 Å². The SMILES string of the molecule is CCOc1ccc(N([C@H](CC)C(=O)NCc2ccc(CN3CCOCC3)cc2)S(C)(=O)=O)cc1. The average Bonchev–Trinajstić information content (AvgIpc) is 2.82. The highest BCUT2D eigenvalue weighted by molar-refractivity contribution is 7.92. The van der Waals surface area contributed by atoms with Crippen LogP contribution in [0.15, 0.2) is 48.5 Å². The van der Waals surface area contributed by atoms with Gasteiger partial charge in [0.25, 0.3) is 0 Å². The second kappa shape index (κ2) is 12.2. The molecule has 1 saturated heterocycles. The molecule has 8 nitrogen and oxygen atoms in total. The smallest absolute Gasteiger partial charge is 0.244 e. The van der Waals surface area contributed by atoms with Gasteiger partial charge >= 0.3 is 0 Å². The summed E-state index contributed by atoms with van der Waals surface area (Å²) in [5.74, 6) is 0.313. The van der Waals surface area contributed by atoms with Crippen molar-refractivity contribution in [1.82, 2.24) is 10.2 Å². The van der Waals surface area contributed by atoms with Gasteiger partial charge in [-0.05, 0) is 48.7 Å². The number of ether oxygens (including phenoxy) is 2. The number of rotatable bonds is 11. The number of nitrogens with one attached hydrogen (secondary N) is 1. The molecule has 1 fully saturated rings. The monoisotopic (exact) mass is 489 g/mol. The second-order valence-electron chi connectivity index (χ2n) is 8.33. The van der Waals surface area contributed by atoms with Gasteiger partial charge in [-0.2, -0.15) is 0 Å². The van der Waals surface area contributed by atoms with Crippen LogP contribution in [0.3, 0.4) is 0 Å². The molecule has 3 rings (SSSR count). The van der Waals surface area contributed by atoms with Crippen LogP contribution < -0.4 is 14.4 Å². The number of hydrogen-bond acceptors (Lipinski definition) is 6. The summed E-state index contributed by atoms with van der Waals surface area (Å²) in [5, 5.41) is 2.91. The lowest BCUT2D eigenvalue weighted by molar-refractivity contribution is -0.122. The molecule has 0 saturated carbocycles. The minimum absolute atomic E-state index is 0.327. The molecule has 0 spiro atoms. The highest BCUT2D eigenvalue weighted by atomic mass is 32.2. The van der Waals surface area contributed by atoms with Crippen molar-refractivity contribution in [2.24, 2.45) is 0 Å². The lowest BCUT2D eigenvalue weighted by atomic mass is 10.1. The minimum Gasteiger partial charge on any atom is -0.494 e. The van der Waals surface area contributed by atoms with Gasteiger partial charge in [0.05, 0.1) is 31.8 Å². The zero-order chi connectivity index (χ0) is 24.6. The van der Waals surface area contributed by atoms with Crippen LogP contribution in [0.4, 0.5) is 5.69 Å². The molecule has 0 radical (unpaired) electrons. The molecule has 2 aromatic carbocycles. The van der Waals surface area contributed by atoms with Gasteiger partial charge in [0, 0.05) is 26.2 Å². The molecule has 0 aliphatic carbocycles. The van der Waals surface area contributed by atoms with E-state index in [2.05, 4.69) is 22.3 Å². The first kappa shape index (κ1) is 26.0. The van der Waals surface area contributed by atoms with Crippen molar-refractivity contribution in [2.75, 3.05) is 43.5 Å². The predicted octanol–water partition coefficient (Wildman–Crippen LogP) is 2.78. The maximum absolute atomic E-state index is 13.0. The summed E-state index contributed by atoms with van der Waals surface area (Å²) in [6.45, 7) is 8.80. The molecule has 1 amide bonds. The lowest BCUT2D eigenvalue weighted by Gasteiger charge is -2.30. The van der Waals surface area contributed by atoms with Gasteiger partial charge in [0.15, 0.2) is 0 Å². The number of sulfonamides is 1. The van der Waals surface area contributed by atoms with Gasteiger partial charge in [0.1, 0.15) is 11.8 Å². The van der Waals surface area contributed by atoms with E-state index >= 15 is 0 Å². The van der Waals surface area contributed by atoms with E-state index in [4.69, 9.17) is 9.47 Å². The molecule has 1 aliphatic rings. The molecule has 0 bridgehead atoms. The number of morpholine rings is 1. The van der Waals surface area contributed by atoms with Crippen molar-refractivity contribution in [3.05, 3.63) is 59.7 Å². The minimum atomic E-state index is -3.68. The number of benzene rings is 2. The van der Waals surface area contributed by atoms with Gasteiger partial charge in [-0.25, -0.2) is 8.42 Å². The summed E-state index contributed by atoms with van der Waals surface area (Å²) in [7, 11) is -3.68. The van der Waals surface area contributed by atoms with E-state index < -0.39 is 16.1 Å². The third kappa shape index (κ3) is 7.19. The molecule has 34 heavy (non-hydrogen) atoms. The summed E-state index contributed by atoms with van der Waals surface area (Å²) >= 11 is 0. The van der Waals surface area contributed by atoms with Crippen LogP contribution >= 0.6 is 0 Å². The van der Waals surface area contributed by atoms with E-state index in [0.717, 1.165) is 44.7 Å². The molecule has 1 N–H and O–H groups in total. The zero-order valence-corrected chi connectivity index (χ0v) is 21.0. The Morgan fingerprint density at radius 1 is 1.06 bits per heavy atom. The molecule has 1 aliphatic heterocycles. The third-order valence-corrected chi connectivity index (χ3v) is 6.91. The Bertz CT molecular complexity index is 1020. The molecule has 2 aromatic rings. The van der Waals surface area contributed by atoms with Crippen molar-refractivity contribution >= 4 is 21.6 Å². The summed E-state index contributed by atoms with van der Waals surface area (Å²) in [6.07, 6.45) is 1.46. The highest BCUT2D eigenvalue weighted by Gasteiger charge is 2.31. The molecule has 1 heterocycles. The van der Waals surface area contributed by atoms with E-state index in [1.165, 1.54) is 9.87 Å². The number of carbonyl (C=O) groups excluding carboxylic acids is 1. The second-order valence-corrected chi connectivity index (χ2v) is 10.2. The van der Waals surface area contributed by atoms with Crippen LogP contribution in [-0.2, 0) is 32.6 Å². The fourth-order valence-electron chi connectivity index (χ4n) is 4.00. The van der Waals surface area contributed by atoms with Crippen LogP contribution in [0.5, 0.6) is 5.75 Å². The maximum Gasteiger partial charge on any atom is 0.244 e. The van der Waals surface area contributed by atoms with Gasteiger partial charge in [-0.15, -0.1) is 0 Å². The van der Waals surface area contributed by atoms with Gasteiger partial charge in [-0.1, -0.05) is 31.2 Å². The number of carbonyl (C=O) groups is 1. The Kier molecular flexibility index (Phi) is 9.32. The average molecular weight is 490 g/mol. The topological polar surface area (TPSA) is 88.2 Å². The van der Waals surface area contributed by atoms with Crippen molar-refractivity contribution in [3.8, 4) is 5.75 Å². The van der Waals surface area contributed by atoms with E-state index in [1.54, 1.807) is 31.2 Å². The zero-order valence-electron chi connectivity index (χ0n) is 20.2. The molecule has 1 atom stereocenters. The molecular weight excluding hydrogens is 454 g/mol. The van der Waals surface area contributed by atoms with Gasteiger partial charge < -0.3 is 14.8 Å². The van der Waals surface area contributed by atoms with Crippen molar-refractivity contribution in [3.63, 3.8) is 0 Å².